The van der Waals surface area contributed by atoms with Crippen molar-refractivity contribution in [3.63, 3.8) is 0 Å². The molecule has 0 spiro atoms. The molecule has 0 aliphatic rings. The molecule has 18 heavy (non-hydrogen) atoms. The number of benzene rings is 2. The van der Waals surface area contributed by atoms with Gasteiger partial charge in [-0.05, 0) is 35.9 Å². The highest BCUT2D eigenvalue weighted by atomic mass is 19.1. The normalized spacial score (nSPS) is 10.1. The molecule has 0 fully saturated rings. The molecule has 2 aromatic carbocycles. The number of rotatable bonds is 4. The molecular weight excluding hydrogens is 229 g/mol. The summed E-state index contributed by atoms with van der Waals surface area (Å²) < 4.78 is 12.8. The van der Waals surface area contributed by atoms with Crippen LogP contribution in [0.5, 0.6) is 0 Å². The summed E-state index contributed by atoms with van der Waals surface area (Å²) in [6.07, 6.45) is 0.835. The van der Waals surface area contributed by atoms with E-state index in [4.69, 9.17) is 0 Å². The van der Waals surface area contributed by atoms with E-state index in [0.717, 1.165) is 17.5 Å². The van der Waals surface area contributed by atoms with Crippen LogP contribution in [-0.2, 0) is 6.54 Å². The second kappa shape index (κ2) is 5.45. The summed E-state index contributed by atoms with van der Waals surface area (Å²) in [4.78, 5) is 12.7. The van der Waals surface area contributed by atoms with Crippen molar-refractivity contribution in [2.75, 3.05) is 11.9 Å². The summed E-state index contributed by atoms with van der Waals surface area (Å²) in [5, 5.41) is 0. The van der Waals surface area contributed by atoms with E-state index in [-0.39, 0.29) is 5.82 Å². The van der Waals surface area contributed by atoms with Crippen LogP contribution in [0.3, 0.4) is 0 Å². The van der Waals surface area contributed by atoms with Crippen LogP contribution < -0.4 is 4.90 Å². The van der Waals surface area contributed by atoms with Crippen LogP contribution in [0.25, 0.3) is 0 Å². The molecule has 3 heteroatoms. The number of hydrogen-bond acceptors (Lipinski definition) is 2. The molecule has 0 radical (unpaired) electrons. The van der Waals surface area contributed by atoms with E-state index in [1.54, 1.807) is 18.2 Å². The minimum atomic E-state index is -0.241. The van der Waals surface area contributed by atoms with Crippen molar-refractivity contribution < 1.29 is 9.18 Å². The Morgan fingerprint density at radius 2 is 1.89 bits per heavy atom. The molecule has 0 atom stereocenters. The minimum Gasteiger partial charge on any atom is -0.370 e. The molecule has 0 amide bonds. The Kier molecular flexibility index (Phi) is 3.72. The zero-order chi connectivity index (χ0) is 13.0. The van der Waals surface area contributed by atoms with E-state index >= 15 is 0 Å². The lowest BCUT2D eigenvalue weighted by Crippen LogP contribution is -2.16. The highest BCUT2D eigenvalue weighted by Crippen LogP contribution is 2.16. The monoisotopic (exact) mass is 243 g/mol. The van der Waals surface area contributed by atoms with Crippen LogP contribution in [0.1, 0.15) is 15.9 Å². The maximum absolute atomic E-state index is 12.8. The highest BCUT2D eigenvalue weighted by Gasteiger charge is 2.03. The number of carbonyl (C=O) groups is 1. The number of carbonyl (C=O) groups excluding carboxylic acids is 1. The third-order valence-electron chi connectivity index (χ3n) is 2.77. The fraction of sp³-hybridized carbons (Fsp3) is 0.133. The van der Waals surface area contributed by atoms with Gasteiger partial charge in [0.15, 0.2) is 0 Å². The first-order valence-electron chi connectivity index (χ1n) is 5.70. The first-order valence-corrected chi connectivity index (χ1v) is 5.70. The fourth-order valence-corrected chi connectivity index (χ4v) is 1.83. The average molecular weight is 243 g/mol. The molecule has 0 N–H and O–H groups in total. The molecular formula is C15H14FNO. The third-order valence-corrected chi connectivity index (χ3v) is 2.77. The molecule has 2 nitrogen and oxygen atoms in total. The number of aldehydes is 1. The van der Waals surface area contributed by atoms with Crippen LogP contribution in [0.4, 0.5) is 10.1 Å². The Labute approximate surface area is 106 Å². The molecule has 0 saturated carbocycles. The molecule has 2 rings (SSSR count). The van der Waals surface area contributed by atoms with Crippen molar-refractivity contribution in [1.29, 1.82) is 0 Å². The first kappa shape index (κ1) is 12.3. The second-order valence-electron chi connectivity index (χ2n) is 4.20. The first-order chi connectivity index (χ1) is 8.69. The van der Waals surface area contributed by atoms with Crippen molar-refractivity contribution in [3.8, 4) is 0 Å². The molecule has 0 bridgehead atoms. The molecule has 0 saturated heterocycles. The van der Waals surface area contributed by atoms with E-state index in [1.165, 1.54) is 12.1 Å². The lowest BCUT2D eigenvalue weighted by molar-refractivity contribution is 0.112. The van der Waals surface area contributed by atoms with Gasteiger partial charge in [0.05, 0.1) is 0 Å². The Balaban J connectivity index is 2.12. The largest absolute Gasteiger partial charge is 0.370 e. The zero-order valence-electron chi connectivity index (χ0n) is 10.1. The van der Waals surface area contributed by atoms with Crippen LogP contribution in [0.15, 0.2) is 48.5 Å². The summed E-state index contributed by atoms with van der Waals surface area (Å²) in [6.45, 7) is 0.674. The standard InChI is InChI=1S/C15H14FNO/c1-17(15-7-5-14(16)6-8-15)10-12-3-2-4-13(9-12)11-18/h2-9,11H,10H2,1H3. The van der Waals surface area contributed by atoms with Crippen molar-refractivity contribution >= 4 is 12.0 Å². The Morgan fingerprint density at radius 3 is 2.56 bits per heavy atom. The van der Waals surface area contributed by atoms with Crippen LogP contribution >= 0.6 is 0 Å². The molecule has 0 aliphatic carbocycles. The summed E-state index contributed by atoms with van der Waals surface area (Å²) >= 11 is 0. The van der Waals surface area contributed by atoms with Gasteiger partial charge in [0.2, 0.25) is 0 Å². The van der Waals surface area contributed by atoms with Gasteiger partial charge in [-0.25, -0.2) is 4.39 Å². The van der Waals surface area contributed by atoms with Gasteiger partial charge >= 0.3 is 0 Å². The average Bonchev–Trinajstić information content (AvgIpc) is 2.39. The van der Waals surface area contributed by atoms with Crippen molar-refractivity contribution in [2.45, 2.75) is 6.54 Å². The maximum Gasteiger partial charge on any atom is 0.150 e. The number of nitrogens with zero attached hydrogens (tertiary/aromatic N) is 1. The highest BCUT2D eigenvalue weighted by molar-refractivity contribution is 5.74. The summed E-state index contributed by atoms with van der Waals surface area (Å²) in [5.74, 6) is -0.241. The van der Waals surface area contributed by atoms with Gasteiger partial charge in [-0.15, -0.1) is 0 Å². The molecule has 92 valence electrons. The summed E-state index contributed by atoms with van der Waals surface area (Å²) in [6, 6.07) is 13.8. The number of anilines is 1. The minimum absolute atomic E-state index is 0.241. The van der Waals surface area contributed by atoms with Crippen LogP contribution in [0, 0.1) is 5.82 Å². The van der Waals surface area contributed by atoms with Gasteiger partial charge in [-0.1, -0.05) is 18.2 Å². The van der Waals surface area contributed by atoms with Gasteiger partial charge in [0.1, 0.15) is 12.1 Å². The molecule has 0 aromatic heterocycles. The zero-order valence-corrected chi connectivity index (χ0v) is 10.1. The quantitative estimate of drug-likeness (QED) is 0.768. The van der Waals surface area contributed by atoms with Crippen LogP contribution in [0.2, 0.25) is 0 Å². The van der Waals surface area contributed by atoms with Gasteiger partial charge in [0.25, 0.3) is 0 Å². The molecule has 0 aliphatic heterocycles. The molecule has 2 aromatic rings. The van der Waals surface area contributed by atoms with Crippen molar-refractivity contribution in [3.05, 3.63) is 65.5 Å². The van der Waals surface area contributed by atoms with Crippen molar-refractivity contribution in [2.24, 2.45) is 0 Å². The number of hydrogen-bond donors (Lipinski definition) is 0. The van der Waals surface area contributed by atoms with E-state index in [2.05, 4.69) is 0 Å². The van der Waals surface area contributed by atoms with Crippen LogP contribution in [-0.4, -0.2) is 13.3 Å². The van der Waals surface area contributed by atoms with Gasteiger partial charge in [-0.3, -0.25) is 4.79 Å². The second-order valence-corrected chi connectivity index (χ2v) is 4.20. The topological polar surface area (TPSA) is 20.3 Å². The predicted octanol–water partition coefficient (Wildman–Crippen LogP) is 3.27. The van der Waals surface area contributed by atoms with Gasteiger partial charge in [-0.2, -0.15) is 0 Å². The van der Waals surface area contributed by atoms with E-state index in [0.29, 0.717) is 12.1 Å². The smallest absolute Gasteiger partial charge is 0.150 e. The Morgan fingerprint density at radius 1 is 1.17 bits per heavy atom. The maximum atomic E-state index is 12.8. The Bertz CT molecular complexity index is 536. The predicted molar refractivity (Wildman–Crippen MR) is 70.3 cm³/mol. The SMILES string of the molecule is CN(Cc1cccc(C=O)c1)c1ccc(F)cc1. The molecule has 0 unspecified atom stereocenters. The Hall–Kier alpha value is -2.16. The van der Waals surface area contributed by atoms with E-state index in [9.17, 15) is 9.18 Å². The fourth-order valence-electron chi connectivity index (χ4n) is 1.83. The molecule has 0 heterocycles. The van der Waals surface area contributed by atoms with Crippen molar-refractivity contribution in [1.82, 2.24) is 0 Å². The van der Waals surface area contributed by atoms with E-state index < -0.39 is 0 Å². The van der Waals surface area contributed by atoms with Gasteiger partial charge in [0, 0.05) is 24.8 Å². The van der Waals surface area contributed by atoms with E-state index in [1.807, 2.05) is 30.1 Å². The third kappa shape index (κ3) is 2.94. The summed E-state index contributed by atoms with van der Waals surface area (Å²) in [7, 11) is 1.93. The number of halogens is 1. The lowest BCUT2D eigenvalue weighted by Gasteiger charge is -2.19. The van der Waals surface area contributed by atoms with Gasteiger partial charge < -0.3 is 4.90 Å². The summed E-state index contributed by atoms with van der Waals surface area (Å²) in [5.41, 5.74) is 2.65. The lowest BCUT2D eigenvalue weighted by atomic mass is 10.1.